The van der Waals surface area contributed by atoms with E-state index in [1.807, 2.05) is 54.6 Å². The fraction of sp³-hybridized carbons (Fsp3) is 0.158. The van der Waals surface area contributed by atoms with E-state index in [0.29, 0.717) is 23.9 Å². The van der Waals surface area contributed by atoms with E-state index in [1.54, 1.807) is 6.20 Å². The Kier molecular flexibility index (Phi) is 5.50. The SMILES string of the molecule is O=C(O)NC(CO)c1ncc(-c2ccccc2OCc2ccccc2)[nH]1. The summed E-state index contributed by atoms with van der Waals surface area (Å²) in [6, 6.07) is 16.5. The number of aliphatic hydroxyl groups excluding tert-OH is 1. The Bertz CT molecular complexity index is 864. The van der Waals surface area contributed by atoms with Crippen molar-refractivity contribution in [3.63, 3.8) is 0 Å². The molecule has 0 aliphatic rings. The molecule has 1 atom stereocenters. The van der Waals surface area contributed by atoms with Gasteiger partial charge in [0.15, 0.2) is 0 Å². The number of aromatic nitrogens is 2. The molecule has 0 saturated carbocycles. The molecule has 134 valence electrons. The molecule has 26 heavy (non-hydrogen) atoms. The first-order valence-corrected chi connectivity index (χ1v) is 8.08. The summed E-state index contributed by atoms with van der Waals surface area (Å²) in [6.45, 7) is 0.0318. The zero-order valence-corrected chi connectivity index (χ0v) is 13.9. The lowest BCUT2D eigenvalue weighted by Gasteiger charge is -2.12. The van der Waals surface area contributed by atoms with Crippen LogP contribution in [0.3, 0.4) is 0 Å². The highest BCUT2D eigenvalue weighted by Gasteiger charge is 2.18. The molecule has 0 saturated heterocycles. The number of ether oxygens (including phenoxy) is 1. The predicted octanol–water partition coefficient (Wildman–Crippen LogP) is 2.96. The number of para-hydroxylation sites is 1. The molecule has 0 bridgehead atoms. The molecule has 0 aliphatic carbocycles. The van der Waals surface area contributed by atoms with Gasteiger partial charge in [-0.1, -0.05) is 42.5 Å². The number of H-pyrrole nitrogens is 1. The predicted molar refractivity (Wildman–Crippen MR) is 95.8 cm³/mol. The van der Waals surface area contributed by atoms with Crippen LogP contribution in [0.15, 0.2) is 60.8 Å². The second-order valence-corrected chi connectivity index (χ2v) is 5.64. The number of aromatic amines is 1. The third-order valence-electron chi connectivity index (χ3n) is 3.82. The summed E-state index contributed by atoms with van der Waals surface area (Å²) in [5, 5.41) is 20.4. The van der Waals surface area contributed by atoms with Gasteiger partial charge < -0.3 is 25.3 Å². The first kappa shape index (κ1) is 17.5. The molecule has 7 nitrogen and oxygen atoms in total. The third kappa shape index (κ3) is 4.20. The minimum absolute atomic E-state index is 0.336. The monoisotopic (exact) mass is 353 g/mol. The normalized spacial score (nSPS) is 11.7. The van der Waals surface area contributed by atoms with Crippen LogP contribution in [0.5, 0.6) is 5.75 Å². The average Bonchev–Trinajstić information content (AvgIpc) is 3.15. The lowest BCUT2D eigenvalue weighted by Crippen LogP contribution is -2.30. The van der Waals surface area contributed by atoms with E-state index in [9.17, 15) is 9.90 Å². The maximum atomic E-state index is 10.8. The Labute approximate surface area is 150 Å². The summed E-state index contributed by atoms with van der Waals surface area (Å²) < 4.78 is 5.93. The van der Waals surface area contributed by atoms with Crippen molar-refractivity contribution in [2.45, 2.75) is 12.6 Å². The molecule has 7 heteroatoms. The molecule has 4 N–H and O–H groups in total. The fourth-order valence-electron chi connectivity index (χ4n) is 2.55. The Hall–Kier alpha value is -3.32. The second-order valence-electron chi connectivity index (χ2n) is 5.64. The summed E-state index contributed by atoms with van der Waals surface area (Å²) in [5.74, 6) is 1.01. The number of aliphatic hydroxyl groups is 1. The van der Waals surface area contributed by atoms with Gasteiger partial charge in [0.2, 0.25) is 0 Å². The molecule has 0 aliphatic heterocycles. The molecule has 1 amide bonds. The summed E-state index contributed by atoms with van der Waals surface area (Å²) in [4.78, 5) is 18.0. The van der Waals surface area contributed by atoms with Gasteiger partial charge in [0.25, 0.3) is 0 Å². The van der Waals surface area contributed by atoms with Gasteiger partial charge >= 0.3 is 6.09 Å². The van der Waals surface area contributed by atoms with Gasteiger partial charge in [0, 0.05) is 5.56 Å². The van der Waals surface area contributed by atoms with E-state index in [4.69, 9.17) is 9.84 Å². The fourth-order valence-corrected chi connectivity index (χ4v) is 2.55. The summed E-state index contributed by atoms with van der Waals surface area (Å²) in [6.07, 6.45) is 0.361. The van der Waals surface area contributed by atoms with Crippen LogP contribution < -0.4 is 10.1 Å². The maximum Gasteiger partial charge on any atom is 0.405 e. The van der Waals surface area contributed by atoms with Crippen molar-refractivity contribution >= 4 is 6.09 Å². The van der Waals surface area contributed by atoms with E-state index in [1.165, 1.54) is 0 Å². The number of benzene rings is 2. The number of imidazole rings is 1. The number of hydrogen-bond donors (Lipinski definition) is 4. The van der Waals surface area contributed by atoms with E-state index < -0.39 is 18.7 Å². The van der Waals surface area contributed by atoms with Crippen LogP contribution in [-0.2, 0) is 6.61 Å². The molecule has 3 rings (SSSR count). The molecule has 1 heterocycles. The zero-order valence-electron chi connectivity index (χ0n) is 13.9. The first-order valence-electron chi connectivity index (χ1n) is 8.08. The molecule has 0 fully saturated rings. The van der Waals surface area contributed by atoms with E-state index in [2.05, 4.69) is 15.3 Å². The van der Waals surface area contributed by atoms with Crippen LogP contribution in [0.25, 0.3) is 11.3 Å². The van der Waals surface area contributed by atoms with E-state index in [-0.39, 0.29) is 0 Å². The number of rotatable bonds is 7. The Morgan fingerprint density at radius 3 is 2.62 bits per heavy atom. The third-order valence-corrected chi connectivity index (χ3v) is 3.82. The molecular formula is C19H19N3O4. The van der Waals surface area contributed by atoms with Crippen LogP contribution in [0.1, 0.15) is 17.4 Å². The lowest BCUT2D eigenvalue weighted by molar-refractivity contribution is 0.176. The topological polar surface area (TPSA) is 107 Å². The van der Waals surface area contributed by atoms with Crippen LogP contribution >= 0.6 is 0 Å². The van der Waals surface area contributed by atoms with E-state index >= 15 is 0 Å². The molecule has 2 aromatic carbocycles. The molecule has 1 aromatic heterocycles. The van der Waals surface area contributed by atoms with E-state index in [0.717, 1.165) is 11.1 Å². The largest absolute Gasteiger partial charge is 0.488 e. The number of nitrogens with zero attached hydrogens (tertiary/aromatic N) is 1. The lowest BCUT2D eigenvalue weighted by atomic mass is 10.1. The van der Waals surface area contributed by atoms with Gasteiger partial charge in [0.1, 0.15) is 24.2 Å². The number of carbonyl (C=O) groups is 1. The van der Waals surface area contributed by atoms with Crippen molar-refractivity contribution < 1.29 is 19.7 Å². The van der Waals surface area contributed by atoms with Crippen molar-refractivity contribution in [2.75, 3.05) is 6.61 Å². The van der Waals surface area contributed by atoms with Gasteiger partial charge in [-0.2, -0.15) is 0 Å². The smallest absolute Gasteiger partial charge is 0.405 e. The Morgan fingerprint density at radius 1 is 1.15 bits per heavy atom. The van der Waals surface area contributed by atoms with Crippen molar-refractivity contribution in [1.82, 2.24) is 15.3 Å². The van der Waals surface area contributed by atoms with Gasteiger partial charge in [0.05, 0.1) is 18.5 Å². The van der Waals surface area contributed by atoms with Crippen LogP contribution in [0.4, 0.5) is 4.79 Å². The summed E-state index contributed by atoms with van der Waals surface area (Å²) in [7, 11) is 0. The Morgan fingerprint density at radius 2 is 1.88 bits per heavy atom. The average molecular weight is 353 g/mol. The van der Waals surface area contributed by atoms with Gasteiger partial charge in [-0.05, 0) is 17.7 Å². The van der Waals surface area contributed by atoms with Crippen molar-refractivity contribution in [3.05, 3.63) is 72.2 Å². The van der Waals surface area contributed by atoms with Crippen LogP contribution in [-0.4, -0.2) is 32.9 Å². The zero-order chi connectivity index (χ0) is 18.4. The molecule has 1 unspecified atom stereocenters. The van der Waals surface area contributed by atoms with Crippen molar-refractivity contribution in [3.8, 4) is 17.0 Å². The Balaban J connectivity index is 1.80. The van der Waals surface area contributed by atoms with Gasteiger partial charge in [-0.15, -0.1) is 0 Å². The maximum absolute atomic E-state index is 10.8. The highest BCUT2D eigenvalue weighted by Crippen LogP contribution is 2.29. The minimum Gasteiger partial charge on any atom is -0.488 e. The number of hydrogen-bond acceptors (Lipinski definition) is 4. The van der Waals surface area contributed by atoms with Crippen LogP contribution in [0.2, 0.25) is 0 Å². The second kappa shape index (κ2) is 8.17. The highest BCUT2D eigenvalue weighted by molar-refractivity contribution is 5.67. The first-order chi connectivity index (χ1) is 12.7. The molecule has 0 spiro atoms. The molecule has 0 radical (unpaired) electrons. The summed E-state index contributed by atoms with van der Waals surface area (Å²) in [5.41, 5.74) is 2.53. The van der Waals surface area contributed by atoms with Crippen molar-refractivity contribution in [2.24, 2.45) is 0 Å². The van der Waals surface area contributed by atoms with Gasteiger partial charge in [-0.25, -0.2) is 9.78 Å². The number of nitrogens with one attached hydrogen (secondary N) is 2. The summed E-state index contributed by atoms with van der Waals surface area (Å²) >= 11 is 0. The highest BCUT2D eigenvalue weighted by atomic mass is 16.5. The van der Waals surface area contributed by atoms with Crippen molar-refractivity contribution in [1.29, 1.82) is 0 Å². The number of carboxylic acid groups (broad SMARTS) is 1. The molecule has 3 aromatic rings. The van der Waals surface area contributed by atoms with Gasteiger partial charge in [-0.3, -0.25) is 0 Å². The standard InChI is InChI=1S/C19H19N3O4/c23-11-16(22-19(24)25)18-20-10-15(21-18)14-8-4-5-9-17(14)26-12-13-6-2-1-3-7-13/h1-10,16,22-23H,11-12H2,(H,20,21)(H,24,25). The van der Waals surface area contributed by atoms with Crippen LogP contribution in [0, 0.1) is 0 Å². The quantitative estimate of drug-likeness (QED) is 0.522. The number of amides is 1. The minimum atomic E-state index is -1.23. The molecular weight excluding hydrogens is 334 g/mol.